The van der Waals surface area contributed by atoms with Gasteiger partial charge in [-0.1, -0.05) is 49.7 Å². The minimum Gasteiger partial charge on any atom is -0.427 e. The summed E-state index contributed by atoms with van der Waals surface area (Å²) in [6, 6.07) is 9.89. The zero-order chi connectivity index (χ0) is 12.2. The van der Waals surface area contributed by atoms with Gasteiger partial charge in [-0.25, -0.2) is 0 Å². The fraction of sp³-hybridized carbons (Fsp3) is 0.538. The van der Waals surface area contributed by atoms with E-state index >= 15 is 0 Å². The van der Waals surface area contributed by atoms with Gasteiger partial charge < -0.3 is 9.68 Å². The van der Waals surface area contributed by atoms with Crippen molar-refractivity contribution in [2.24, 2.45) is 5.92 Å². The summed E-state index contributed by atoms with van der Waals surface area (Å²) in [5, 5.41) is 9.86. The lowest BCUT2D eigenvalue weighted by atomic mass is 9.79. The van der Waals surface area contributed by atoms with Crippen LogP contribution in [-0.2, 0) is 11.0 Å². The summed E-state index contributed by atoms with van der Waals surface area (Å²) in [5.74, 6) is 0.373. The molecule has 0 aliphatic carbocycles. The zero-order valence-electron chi connectivity index (χ0n) is 10.6. The molecule has 88 valence electrons. The Hall–Kier alpha value is -0.795. The van der Waals surface area contributed by atoms with Gasteiger partial charge in [-0.2, -0.15) is 0 Å². The van der Waals surface area contributed by atoms with Crippen LogP contribution >= 0.6 is 0 Å². The highest BCUT2D eigenvalue weighted by Gasteiger charge is 2.28. The standard InChI is InChI=1S/C13H21BO2/c1-11(2)13(3,4)16-14(15)10-12-8-6-5-7-9-12/h5-9,11,15H,10H2,1-4H3. The molecule has 0 atom stereocenters. The molecule has 0 saturated heterocycles. The lowest BCUT2D eigenvalue weighted by Crippen LogP contribution is -2.39. The van der Waals surface area contributed by atoms with Crippen molar-refractivity contribution in [1.29, 1.82) is 0 Å². The highest BCUT2D eigenvalue weighted by Crippen LogP contribution is 2.21. The Balaban J connectivity index is 2.51. The third-order valence-electron chi connectivity index (χ3n) is 3.08. The molecule has 2 nitrogen and oxygen atoms in total. The van der Waals surface area contributed by atoms with Gasteiger partial charge in [-0.3, -0.25) is 0 Å². The molecule has 1 N–H and O–H groups in total. The summed E-state index contributed by atoms with van der Waals surface area (Å²) >= 11 is 0. The molecule has 0 aliphatic heterocycles. The Morgan fingerprint density at radius 3 is 2.31 bits per heavy atom. The maximum Gasteiger partial charge on any atom is 0.459 e. The van der Waals surface area contributed by atoms with E-state index in [1.54, 1.807) is 0 Å². The molecule has 0 amide bonds. The smallest absolute Gasteiger partial charge is 0.427 e. The predicted molar refractivity (Wildman–Crippen MR) is 68.1 cm³/mol. The fourth-order valence-electron chi connectivity index (χ4n) is 1.34. The van der Waals surface area contributed by atoms with Gasteiger partial charge >= 0.3 is 7.12 Å². The van der Waals surface area contributed by atoms with Crippen molar-refractivity contribution in [2.75, 3.05) is 0 Å². The minimum absolute atomic E-state index is 0.297. The van der Waals surface area contributed by atoms with Crippen molar-refractivity contribution in [1.82, 2.24) is 0 Å². The SMILES string of the molecule is CC(C)C(C)(C)OB(O)Cc1ccccc1. The first kappa shape index (κ1) is 13.3. The Morgan fingerprint density at radius 1 is 1.25 bits per heavy atom. The van der Waals surface area contributed by atoms with Crippen LogP contribution in [0.1, 0.15) is 33.3 Å². The molecular weight excluding hydrogens is 199 g/mol. The highest BCUT2D eigenvalue weighted by molar-refractivity contribution is 6.42. The number of hydrogen-bond acceptors (Lipinski definition) is 2. The van der Waals surface area contributed by atoms with Gasteiger partial charge in [-0.05, 0) is 19.8 Å². The molecule has 16 heavy (non-hydrogen) atoms. The molecule has 3 heteroatoms. The fourth-order valence-corrected chi connectivity index (χ4v) is 1.34. The molecule has 0 spiro atoms. The predicted octanol–water partition coefficient (Wildman–Crippen LogP) is 2.70. The van der Waals surface area contributed by atoms with E-state index in [1.807, 2.05) is 44.2 Å². The average molecular weight is 220 g/mol. The molecule has 0 heterocycles. The van der Waals surface area contributed by atoms with Crippen LogP contribution in [-0.4, -0.2) is 17.7 Å². The van der Waals surface area contributed by atoms with Crippen molar-refractivity contribution in [2.45, 2.75) is 39.6 Å². The van der Waals surface area contributed by atoms with Crippen LogP contribution in [0.4, 0.5) is 0 Å². The molecular formula is C13H21BO2. The van der Waals surface area contributed by atoms with Crippen molar-refractivity contribution < 1.29 is 9.68 Å². The lowest BCUT2D eigenvalue weighted by Gasteiger charge is -2.31. The molecule has 0 saturated carbocycles. The Morgan fingerprint density at radius 2 is 1.81 bits per heavy atom. The summed E-state index contributed by atoms with van der Waals surface area (Å²) in [5.41, 5.74) is 0.795. The average Bonchev–Trinajstić information content (AvgIpc) is 2.17. The lowest BCUT2D eigenvalue weighted by molar-refractivity contribution is 0.0375. The Kier molecular flexibility index (Phi) is 4.57. The van der Waals surface area contributed by atoms with Crippen LogP contribution in [0.2, 0.25) is 0 Å². The first-order valence-corrected chi connectivity index (χ1v) is 5.81. The van der Waals surface area contributed by atoms with Crippen LogP contribution in [0.15, 0.2) is 30.3 Å². The van der Waals surface area contributed by atoms with Crippen LogP contribution in [0.3, 0.4) is 0 Å². The van der Waals surface area contributed by atoms with E-state index in [1.165, 1.54) is 0 Å². The monoisotopic (exact) mass is 220 g/mol. The molecule has 0 fully saturated rings. The van der Waals surface area contributed by atoms with Gasteiger partial charge in [0.2, 0.25) is 0 Å². The first-order chi connectivity index (χ1) is 7.42. The topological polar surface area (TPSA) is 29.5 Å². The second-order valence-corrected chi connectivity index (χ2v) is 5.02. The van der Waals surface area contributed by atoms with Gasteiger partial charge in [0.25, 0.3) is 0 Å². The van der Waals surface area contributed by atoms with Crippen molar-refractivity contribution >= 4 is 7.12 Å². The second-order valence-electron chi connectivity index (χ2n) is 5.02. The minimum atomic E-state index is -0.736. The van der Waals surface area contributed by atoms with E-state index in [0.717, 1.165) is 5.56 Å². The van der Waals surface area contributed by atoms with Crippen LogP contribution in [0.5, 0.6) is 0 Å². The van der Waals surface area contributed by atoms with Gasteiger partial charge in [0.05, 0.1) is 5.60 Å². The first-order valence-electron chi connectivity index (χ1n) is 5.81. The van der Waals surface area contributed by atoms with Gasteiger partial charge in [0.15, 0.2) is 0 Å². The zero-order valence-corrected chi connectivity index (χ0v) is 10.6. The van der Waals surface area contributed by atoms with Crippen LogP contribution < -0.4 is 0 Å². The summed E-state index contributed by atoms with van der Waals surface area (Å²) in [6.45, 7) is 8.20. The second kappa shape index (κ2) is 5.51. The molecule has 1 aromatic rings. The van der Waals surface area contributed by atoms with Crippen molar-refractivity contribution in [3.8, 4) is 0 Å². The van der Waals surface area contributed by atoms with Gasteiger partial charge in [0, 0.05) is 6.32 Å². The van der Waals surface area contributed by atoms with E-state index in [0.29, 0.717) is 12.2 Å². The summed E-state index contributed by atoms with van der Waals surface area (Å²) in [7, 11) is -0.736. The molecule has 1 rings (SSSR count). The largest absolute Gasteiger partial charge is 0.459 e. The molecule has 0 unspecified atom stereocenters. The number of benzene rings is 1. The molecule has 0 bridgehead atoms. The molecule has 1 aromatic carbocycles. The van der Waals surface area contributed by atoms with Gasteiger partial charge in [-0.15, -0.1) is 0 Å². The van der Waals surface area contributed by atoms with Crippen molar-refractivity contribution in [3.05, 3.63) is 35.9 Å². The van der Waals surface area contributed by atoms with E-state index in [4.69, 9.17) is 4.65 Å². The maximum absolute atomic E-state index is 9.86. The Labute approximate surface area is 98.8 Å². The molecule has 0 aliphatic rings. The van der Waals surface area contributed by atoms with E-state index in [2.05, 4.69) is 13.8 Å². The third kappa shape index (κ3) is 3.99. The van der Waals surface area contributed by atoms with E-state index < -0.39 is 7.12 Å². The van der Waals surface area contributed by atoms with Gasteiger partial charge in [0.1, 0.15) is 0 Å². The summed E-state index contributed by atoms with van der Waals surface area (Å²) in [4.78, 5) is 0. The molecule has 0 radical (unpaired) electrons. The van der Waals surface area contributed by atoms with Crippen molar-refractivity contribution in [3.63, 3.8) is 0 Å². The van der Waals surface area contributed by atoms with Crippen LogP contribution in [0, 0.1) is 5.92 Å². The quantitative estimate of drug-likeness (QED) is 0.773. The van der Waals surface area contributed by atoms with E-state index in [9.17, 15) is 5.02 Å². The summed E-state index contributed by atoms with van der Waals surface area (Å²) in [6.07, 6.45) is 0.539. The Bertz CT molecular complexity index is 309. The van der Waals surface area contributed by atoms with Crippen LogP contribution in [0.25, 0.3) is 0 Å². The normalized spacial score (nSPS) is 11.9. The highest BCUT2D eigenvalue weighted by atomic mass is 16.5. The number of hydrogen-bond donors (Lipinski definition) is 1. The van der Waals surface area contributed by atoms with E-state index in [-0.39, 0.29) is 5.60 Å². The molecule has 0 aromatic heterocycles. The maximum atomic E-state index is 9.86. The summed E-state index contributed by atoms with van der Waals surface area (Å²) < 4.78 is 5.66. The number of rotatable bonds is 5. The third-order valence-corrected chi connectivity index (χ3v) is 3.08.